The van der Waals surface area contributed by atoms with Crippen LogP contribution in [-0.4, -0.2) is 56.4 Å². The molecular formula is C20H22F3N3O3S. The number of urea groups is 1. The van der Waals surface area contributed by atoms with E-state index in [4.69, 9.17) is 0 Å². The fourth-order valence-electron chi connectivity index (χ4n) is 3.30. The normalized spacial score (nSPS) is 15.8. The maximum Gasteiger partial charge on any atom is 0.416 e. The molecule has 0 bridgehead atoms. The standard InChI is InChI=1S/C20H22F3N3O3S/c21-20(22,23)18-9-5-4-6-16(18)10-11-24-19(27)25-12-14-26(15-13-25)30(28,29)17-7-2-1-3-8-17/h1-9H,10-15H2,(H,24,27). The second kappa shape index (κ2) is 9.05. The third-order valence-corrected chi connectivity index (χ3v) is 6.81. The van der Waals surface area contributed by atoms with E-state index < -0.39 is 27.8 Å². The average molecular weight is 441 g/mol. The zero-order valence-electron chi connectivity index (χ0n) is 16.1. The van der Waals surface area contributed by atoms with Gasteiger partial charge in [-0.05, 0) is 30.2 Å². The number of nitrogens with one attached hydrogen (secondary N) is 1. The van der Waals surface area contributed by atoms with Crippen LogP contribution in [0, 0.1) is 0 Å². The summed E-state index contributed by atoms with van der Waals surface area (Å²) in [4.78, 5) is 14.0. The molecule has 1 heterocycles. The van der Waals surface area contributed by atoms with Crippen LogP contribution in [0.5, 0.6) is 0 Å². The van der Waals surface area contributed by atoms with Gasteiger partial charge in [0, 0.05) is 32.7 Å². The molecule has 2 amide bonds. The SMILES string of the molecule is O=C(NCCc1ccccc1C(F)(F)F)N1CCN(S(=O)(=O)c2ccccc2)CC1. The van der Waals surface area contributed by atoms with Crippen LogP contribution < -0.4 is 5.32 Å². The molecular weight excluding hydrogens is 419 g/mol. The highest BCUT2D eigenvalue weighted by Gasteiger charge is 2.33. The number of rotatable bonds is 5. The van der Waals surface area contributed by atoms with Crippen molar-refractivity contribution in [3.63, 3.8) is 0 Å². The lowest BCUT2D eigenvalue weighted by atomic mass is 10.0. The molecule has 1 saturated heterocycles. The zero-order valence-corrected chi connectivity index (χ0v) is 16.9. The number of carbonyl (C=O) groups is 1. The van der Waals surface area contributed by atoms with E-state index in [1.54, 1.807) is 18.2 Å². The molecule has 30 heavy (non-hydrogen) atoms. The van der Waals surface area contributed by atoms with Crippen LogP contribution in [-0.2, 0) is 22.6 Å². The summed E-state index contributed by atoms with van der Waals surface area (Å²) in [5.74, 6) is 0. The Balaban J connectivity index is 1.51. The first-order valence-electron chi connectivity index (χ1n) is 9.42. The van der Waals surface area contributed by atoms with E-state index in [1.807, 2.05) is 0 Å². The summed E-state index contributed by atoms with van der Waals surface area (Å²) < 4.78 is 65.7. The predicted molar refractivity (Wildman–Crippen MR) is 105 cm³/mol. The minimum absolute atomic E-state index is 0.0454. The minimum Gasteiger partial charge on any atom is -0.338 e. The molecule has 0 radical (unpaired) electrons. The number of halogens is 3. The molecule has 0 spiro atoms. The monoisotopic (exact) mass is 441 g/mol. The van der Waals surface area contributed by atoms with Gasteiger partial charge in [-0.2, -0.15) is 17.5 Å². The van der Waals surface area contributed by atoms with Crippen molar-refractivity contribution >= 4 is 16.1 Å². The Hall–Kier alpha value is -2.59. The Morgan fingerprint density at radius 3 is 2.17 bits per heavy atom. The summed E-state index contributed by atoms with van der Waals surface area (Å²) in [6.45, 7) is 0.769. The van der Waals surface area contributed by atoms with Gasteiger partial charge < -0.3 is 10.2 Å². The molecule has 1 fully saturated rings. The Morgan fingerprint density at radius 2 is 1.53 bits per heavy atom. The van der Waals surface area contributed by atoms with Gasteiger partial charge in [-0.15, -0.1) is 0 Å². The lowest BCUT2D eigenvalue weighted by Crippen LogP contribution is -2.53. The fraction of sp³-hybridized carbons (Fsp3) is 0.350. The minimum atomic E-state index is -4.44. The second-order valence-corrected chi connectivity index (χ2v) is 8.78. The highest BCUT2D eigenvalue weighted by atomic mass is 32.2. The first-order valence-corrected chi connectivity index (χ1v) is 10.9. The molecule has 0 atom stereocenters. The van der Waals surface area contributed by atoms with Gasteiger partial charge in [0.1, 0.15) is 0 Å². The highest BCUT2D eigenvalue weighted by Crippen LogP contribution is 2.31. The van der Waals surface area contributed by atoms with Crippen molar-refractivity contribution in [2.75, 3.05) is 32.7 Å². The molecule has 0 saturated carbocycles. The van der Waals surface area contributed by atoms with E-state index >= 15 is 0 Å². The van der Waals surface area contributed by atoms with Crippen LogP contribution in [0.4, 0.5) is 18.0 Å². The topological polar surface area (TPSA) is 69.7 Å². The number of carbonyl (C=O) groups excluding carboxylic acids is 1. The number of alkyl halides is 3. The smallest absolute Gasteiger partial charge is 0.338 e. The molecule has 2 aromatic rings. The lowest BCUT2D eigenvalue weighted by molar-refractivity contribution is -0.138. The van der Waals surface area contributed by atoms with Gasteiger partial charge in [-0.3, -0.25) is 0 Å². The van der Waals surface area contributed by atoms with E-state index in [2.05, 4.69) is 5.32 Å². The average Bonchev–Trinajstić information content (AvgIpc) is 2.74. The third-order valence-electron chi connectivity index (χ3n) is 4.90. The molecule has 6 nitrogen and oxygen atoms in total. The Bertz CT molecular complexity index is 974. The summed E-state index contributed by atoms with van der Waals surface area (Å²) in [6, 6.07) is 12.9. The zero-order chi connectivity index (χ0) is 21.8. The van der Waals surface area contributed by atoms with Crippen molar-refractivity contribution in [2.45, 2.75) is 17.5 Å². The maximum absolute atomic E-state index is 13.0. The maximum atomic E-state index is 13.0. The second-order valence-electron chi connectivity index (χ2n) is 6.84. The number of benzene rings is 2. The van der Waals surface area contributed by atoms with Gasteiger partial charge in [0.05, 0.1) is 10.5 Å². The summed E-state index contributed by atoms with van der Waals surface area (Å²) in [7, 11) is -3.61. The largest absolute Gasteiger partial charge is 0.416 e. The Morgan fingerprint density at radius 1 is 0.933 bits per heavy atom. The molecule has 0 aliphatic carbocycles. The van der Waals surface area contributed by atoms with Gasteiger partial charge in [-0.1, -0.05) is 36.4 Å². The van der Waals surface area contributed by atoms with Gasteiger partial charge in [0.25, 0.3) is 0 Å². The number of piperazine rings is 1. The van der Waals surface area contributed by atoms with Crippen LogP contribution in [0.25, 0.3) is 0 Å². The van der Waals surface area contributed by atoms with Crippen molar-refractivity contribution in [3.8, 4) is 0 Å². The number of hydrogen-bond donors (Lipinski definition) is 1. The number of sulfonamides is 1. The van der Waals surface area contributed by atoms with Gasteiger partial charge in [-0.25, -0.2) is 13.2 Å². The fourth-order valence-corrected chi connectivity index (χ4v) is 4.75. The number of amides is 2. The quantitative estimate of drug-likeness (QED) is 0.776. The predicted octanol–water partition coefficient (Wildman–Crippen LogP) is 2.96. The van der Waals surface area contributed by atoms with Crippen LogP contribution in [0.2, 0.25) is 0 Å². The van der Waals surface area contributed by atoms with E-state index in [0.717, 1.165) is 6.07 Å². The first kappa shape index (κ1) is 22.1. The molecule has 0 aromatic heterocycles. The van der Waals surface area contributed by atoms with E-state index in [9.17, 15) is 26.4 Å². The van der Waals surface area contributed by atoms with Gasteiger partial charge in [0.15, 0.2) is 0 Å². The Kier molecular flexibility index (Phi) is 6.67. The van der Waals surface area contributed by atoms with E-state index in [0.29, 0.717) is 0 Å². The summed E-state index contributed by atoms with van der Waals surface area (Å²) >= 11 is 0. The molecule has 3 rings (SSSR count). The molecule has 2 aromatic carbocycles. The highest BCUT2D eigenvalue weighted by molar-refractivity contribution is 7.89. The van der Waals surface area contributed by atoms with Crippen molar-refractivity contribution in [1.82, 2.24) is 14.5 Å². The van der Waals surface area contributed by atoms with Crippen molar-refractivity contribution < 1.29 is 26.4 Å². The Labute approximate surface area is 173 Å². The number of nitrogens with zero attached hydrogens (tertiary/aromatic N) is 2. The van der Waals surface area contributed by atoms with Gasteiger partial charge >= 0.3 is 12.2 Å². The third kappa shape index (κ3) is 5.11. The van der Waals surface area contributed by atoms with Crippen molar-refractivity contribution in [3.05, 3.63) is 65.7 Å². The number of hydrogen-bond acceptors (Lipinski definition) is 3. The van der Waals surface area contributed by atoms with Gasteiger partial charge in [0.2, 0.25) is 10.0 Å². The van der Waals surface area contributed by atoms with Crippen LogP contribution >= 0.6 is 0 Å². The van der Waals surface area contributed by atoms with Crippen molar-refractivity contribution in [1.29, 1.82) is 0 Å². The summed E-state index contributed by atoms with van der Waals surface area (Å²) in [5.41, 5.74) is -0.594. The molecule has 1 aliphatic rings. The van der Waals surface area contributed by atoms with Crippen LogP contribution in [0.1, 0.15) is 11.1 Å². The van der Waals surface area contributed by atoms with Crippen LogP contribution in [0.3, 0.4) is 0 Å². The molecule has 1 N–H and O–H groups in total. The molecule has 0 unspecified atom stereocenters. The van der Waals surface area contributed by atoms with Crippen molar-refractivity contribution in [2.24, 2.45) is 0 Å². The van der Waals surface area contributed by atoms with E-state index in [1.165, 1.54) is 39.5 Å². The first-order chi connectivity index (χ1) is 14.2. The summed E-state index contributed by atoms with van der Waals surface area (Å²) in [5, 5.41) is 2.62. The molecule has 1 aliphatic heterocycles. The van der Waals surface area contributed by atoms with E-state index in [-0.39, 0.29) is 49.6 Å². The molecule has 10 heteroatoms. The van der Waals surface area contributed by atoms with Crippen LogP contribution in [0.15, 0.2) is 59.5 Å². The lowest BCUT2D eigenvalue weighted by Gasteiger charge is -2.34. The molecule has 162 valence electrons. The summed E-state index contributed by atoms with van der Waals surface area (Å²) in [6.07, 6.45) is -4.40.